The summed E-state index contributed by atoms with van der Waals surface area (Å²) in [6.07, 6.45) is 2.93. The zero-order chi connectivity index (χ0) is 14.4. The quantitative estimate of drug-likeness (QED) is 0.884. The van der Waals surface area contributed by atoms with E-state index in [0.29, 0.717) is 23.6 Å². The Morgan fingerprint density at radius 3 is 2.90 bits per heavy atom. The van der Waals surface area contributed by atoms with Gasteiger partial charge in [-0.25, -0.2) is 4.98 Å². The highest BCUT2D eigenvalue weighted by atomic mass is 16.1. The first-order valence-corrected chi connectivity index (χ1v) is 6.11. The fraction of sp³-hybridized carbons (Fsp3) is 0.143. The highest BCUT2D eigenvalue weighted by molar-refractivity contribution is 6.03. The van der Waals surface area contributed by atoms with Gasteiger partial charge in [-0.3, -0.25) is 9.78 Å². The van der Waals surface area contributed by atoms with Gasteiger partial charge in [-0.2, -0.15) is 5.26 Å². The molecule has 0 aliphatic carbocycles. The Hall–Kier alpha value is -2.94. The van der Waals surface area contributed by atoms with Gasteiger partial charge in [0.25, 0.3) is 5.91 Å². The van der Waals surface area contributed by atoms with E-state index in [4.69, 9.17) is 5.26 Å². The molecular weight excluding hydrogens is 254 g/mol. The number of nitrogens with zero attached hydrogens (tertiary/aromatic N) is 3. The van der Waals surface area contributed by atoms with Crippen LogP contribution in [0.3, 0.4) is 0 Å². The molecule has 2 rings (SSSR count). The Morgan fingerprint density at radius 1 is 1.35 bits per heavy atom. The van der Waals surface area contributed by atoms with E-state index in [1.165, 1.54) is 6.20 Å². The molecule has 1 aromatic carbocycles. The predicted octanol–water partition coefficient (Wildman–Crippen LogP) is 2.03. The summed E-state index contributed by atoms with van der Waals surface area (Å²) < 4.78 is 0. The van der Waals surface area contributed by atoms with Crippen LogP contribution in [0.1, 0.15) is 23.0 Å². The van der Waals surface area contributed by atoms with Crippen LogP contribution in [0.15, 0.2) is 36.7 Å². The normalized spacial score (nSPS) is 9.60. The molecule has 0 fully saturated rings. The number of amides is 1. The van der Waals surface area contributed by atoms with Crippen LogP contribution < -0.4 is 10.6 Å². The van der Waals surface area contributed by atoms with Gasteiger partial charge >= 0.3 is 0 Å². The van der Waals surface area contributed by atoms with Crippen LogP contribution in [0.25, 0.3) is 0 Å². The van der Waals surface area contributed by atoms with Crippen LogP contribution in [0.2, 0.25) is 0 Å². The van der Waals surface area contributed by atoms with Gasteiger partial charge in [0.2, 0.25) is 0 Å². The van der Waals surface area contributed by atoms with Gasteiger partial charge in [-0.15, -0.1) is 0 Å². The van der Waals surface area contributed by atoms with E-state index >= 15 is 0 Å². The zero-order valence-corrected chi connectivity index (χ0v) is 10.9. The Bertz CT molecular complexity index is 663. The minimum absolute atomic E-state index is 0.191. The Labute approximate surface area is 116 Å². The highest BCUT2D eigenvalue weighted by Gasteiger charge is 2.11. The van der Waals surface area contributed by atoms with Crippen molar-refractivity contribution in [2.45, 2.75) is 6.92 Å². The lowest BCUT2D eigenvalue weighted by Crippen LogP contribution is -2.15. The van der Waals surface area contributed by atoms with Gasteiger partial charge in [0.05, 0.1) is 23.6 Å². The monoisotopic (exact) mass is 267 g/mol. The van der Waals surface area contributed by atoms with Crippen LogP contribution in [-0.4, -0.2) is 22.4 Å². The van der Waals surface area contributed by atoms with E-state index in [1.807, 2.05) is 13.0 Å². The summed E-state index contributed by atoms with van der Waals surface area (Å²) in [5.41, 5.74) is 1.04. The van der Waals surface area contributed by atoms with Crippen molar-refractivity contribution in [2.75, 3.05) is 17.2 Å². The number of nitriles is 1. The standard InChI is InChI=1S/C14H13N5O/c1-2-17-13-9-16-8-12(18-13)14(20)19-11-6-4-3-5-10(11)7-15/h3-6,8-9H,2H2,1H3,(H,17,18)(H,19,20). The third kappa shape index (κ3) is 3.09. The number of anilines is 2. The summed E-state index contributed by atoms with van der Waals surface area (Å²) in [5, 5.41) is 14.6. The number of benzene rings is 1. The molecule has 0 aliphatic rings. The Balaban J connectivity index is 2.20. The van der Waals surface area contributed by atoms with Gasteiger partial charge < -0.3 is 10.6 Å². The SMILES string of the molecule is CCNc1cncc(C(=O)Nc2ccccc2C#N)n1. The second-order valence-corrected chi connectivity index (χ2v) is 3.93. The number of aromatic nitrogens is 2. The average Bonchev–Trinajstić information content (AvgIpc) is 2.48. The number of hydrogen-bond donors (Lipinski definition) is 2. The lowest BCUT2D eigenvalue weighted by molar-refractivity contribution is 0.102. The highest BCUT2D eigenvalue weighted by Crippen LogP contribution is 2.14. The molecule has 1 amide bonds. The third-order valence-electron chi connectivity index (χ3n) is 2.52. The summed E-state index contributed by atoms with van der Waals surface area (Å²) in [6, 6.07) is 8.80. The van der Waals surface area contributed by atoms with E-state index < -0.39 is 5.91 Å². The molecule has 6 nitrogen and oxygen atoms in total. The van der Waals surface area contributed by atoms with Crippen LogP contribution in [-0.2, 0) is 0 Å². The molecule has 1 aromatic heterocycles. The topological polar surface area (TPSA) is 90.7 Å². The van der Waals surface area contributed by atoms with E-state index in [0.717, 1.165) is 0 Å². The van der Waals surface area contributed by atoms with Crippen LogP contribution in [0.5, 0.6) is 0 Å². The first-order chi connectivity index (χ1) is 9.74. The molecule has 0 bridgehead atoms. The number of rotatable bonds is 4. The molecule has 0 saturated carbocycles. The fourth-order valence-electron chi connectivity index (χ4n) is 1.62. The molecule has 0 saturated heterocycles. The van der Waals surface area contributed by atoms with Crippen molar-refractivity contribution in [1.29, 1.82) is 5.26 Å². The minimum atomic E-state index is -0.403. The zero-order valence-electron chi connectivity index (χ0n) is 10.9. The fourth-order valence-corrected chi connectivity index (χ4v) is 1.62. The van der Waals surface area contributed by atoms with Crippen molar-refractivity contribution in [3.63, 3.8) is 0 Å². The van der Waals surface area contributed by atoms with Gasteiger partial charge in [0.15, 0.2) is 0 Å². The number of carbonyl (C=O) groups is 1. The van der Waals surface area contributed by atoms with Crippen molar-refractivity contribution >= 4 is 17.4 Å². The number of hydrogen-bond acceptors (Lipinski definition) is 5. The largest absolute Gasteiger partial charge is 0.369 e. The molecule has 6 heteroatoms. The van der Waals surface area contributed by atoms with E-state index in [1.54, 1.807) is 30.5 Å². The minimum Gasteiger partial charge on any atom is -0.369 e. The summed E-state index contributed by atoms with van der Waals surface area (Å²) in [7, 11) is 0. The van der Waals surface area contributed by atoms with Gasteiger partial charge in [-0.05, 0) is 19.1 Å². The summed E-state index contributed by atoms with van der Waals surface area (Å²) >= 11 is 0. The van der Waals surface area contributed by atoms with Gasteiger partial charge in [0, 0.05) is 6.54 Å². The third-order valence-corrected chi connectivity index (χ3v) is 2.52. The average molecular weight is 267 g/mol. The summed E-state index contributed by atoms with van der Waals surface area (Å²) in [5.74, 6) is 0.133. The van der Waals surface area contributed by atoms with Gasteiger partial charge in [0.1, 0.15) is 17.6 Å². The Kier molecular flexibility index (Phi) is 4.24. The molecule has 2 aromatic rings. The maximum atomic E-state index is 12.1. The van der Waals surface area contributed by atoms with Crippen LogP contribution in [0.4, 0.5) is 11.5 Å². The van der Waals surface area contributed by atoms with Crippen molar-refractivity contribution in [3.8, 4) is 6.07 Å². The maximum Gasteiger partial charge on any atom is 0.275 e. The van der Waals surface area contributed by atoms with Crippen molar-refractivity contribution < 1.29 is 4.79 Å². The number of para-hydroxylation sites is 1. The molecule has 0 spiro atoms. The van der Waals surface area contributed by atoms with E-state index in [9.17, 15) is 4.79 Å². The molecular formula is C14H13N5O. The molecule has 1 heterocycles. The lowest BCUT2D eigenvalue weighted by Gasteiger charge is -2.07. The van der Waals surface area contributed by atoms with E-state index in [-0.39, 0.29) is 5.69 Å². The first-order valence-electron chi connectivity index (χ1n) is 6.11. The first kappa shape index (κ1) is 13.5. The molecule has 0 radical (unpaired) electrons. The van der Waals surface area contributed by atoms with Crippen molar-refractivity contribution in [3.05, 3.63) is 47.9 Å². The maximum absolute atomic E-state index is 12.1. The number of carbonyl (C=O) groups excluding carboxylic acids is 1. The second-order valence-electron chi connectivity index (χ2n) is 3.93. The van der Waals surface area contributed by atoms with Gasteiger partial charge in [-0.1, -0.05) is 12.1 Å². The summed E-state index contributed by atoms with van der Waals surface area (Å²) in [4.78, 5) is 20.2. The molecule has 0 aliphatic heterocycles. The number of nitrogens with one attached hydrogen (secondary N) is 2. The summed E-state index contributed by atoms with van der Waals surface area (Å²) in [6.45, 7) is 2.62. The second kappa shape index (κ2) is 6.29. The molecule has 2 N–H and O–H groups in total. The Morgan fingerprint density at radius 2 is 2.15 bits per heavy atom. The predicted molar refractivity (Wildman–Crippen MR) is 75.3 cm³/mol. The molecule has 20 heavy (non-hydrogen) atoms. The van der Waals surface area contributed by atoms with Crippen LogP contribution in [0, 0.1) is 11.3 Å². The smallest absolute Gasteiger partial charge is 0.275 e. The van der Waals surface area contributed by atoms with E-state index in [2.05, 4.69) is 20.6 Å². The molecule has 0 unspecified atom stereocenters. The van der Waals surface area contributed by atoms with Crippen molar-refractivity contribution in [2.24, 2.45) is 0 Å². The lowest BCUT2D eigenvalue weighted by atomic mass is 10.2. The van der Waals surface area contributed by atoms with Crippen LogP contribution >= 0.6 is 0 Å². The molecule has 100 valence electrons. The van der Waals surface area contributed by atoms with Crippen molar-refractivity contribution in [1.82, 2.24) is 9.97 Å². The molecule has 0 atom stereocenters.